The first-order valence-electron chi connectivity index (χ1n) is 5.50. The van der Waals surface area contributed by atoms with Gasteiger partial charge in [0.2, 0.25) is 0 Å². The quantitative estimate of drug-likeness (QED) is 0.855. The summed E-state index contributed by atoms with van der Waals surface area (Å²) in [6.45, 7) is 3.07. The molecule has 0 bridgehead atoms. The van der Waals surface area contributed by atoms with Crippen molar-refractivity contribution in [2.24, 2.45) is 0 Å². The third kappa shape index (κ3) is 2.08. The number of carboxylic acids is 1. The zero-order valence-corrected chi connectivity index (χ0v) is 9.31. The van der Waals surface area contributed by atoms with E-state index in [1.165, 1.54) is 10.9 Å². The van der Waals surface area contributed by atoms with Crippen molar-refractivity contribution in [1.82, 2.24) is 4.57 Å². The van der Waals surface area contributed by atoms with Crippen LogP contribution < -0.4 is 0 Å². The van der Waals surface area contributed by atoms with Crippen LogP contribution in [0.3, 0.4) is 0 Å². The summed E-state index contributed by atoms with van der Waals surface area (Å²) < 4.78 is 2.18. The lowest BCUT2D eigenvalue weighted by Gasteiger charge is -2.02. The molecule has 0 radical (unpaired) electrons. The van der Waals surface area contributed by atoms with E-state index in [0.29, 0.717) is 6.42 Å². The van der Waals surface area contributed by atoms with Gasteiger partial charge in [-0.15, -0.1) is 0 Å². The highest BCUT2D eigenvalue weighted by Gasteiger charge is 2.03. The number of fused-ring (bicyclic) bond motifs is 1. The summed E-state index contributed by atoms with van der Waals surface area (Å²) in [6, 6.07) is 8.22. The topological polar surface area (TPSA) is 42.2 Å². The van der Waals surface area contributed by atoms with Crippen molar-refractivity contribution in [3.05, 3.63) is 36.0 Å². The molecule has 0 amide bonds. The molecular weight excluding hydrogens is 202 g/mol. The van der Waals surface area contributed by atoms with Crippen molar-refractivity contribution < 1.29 is 9.90 Å². The fraction of sp³-hybridized carbons (Fsp3) is 0.308. The Bertz CT molecular complexity index is 514. The number of nitrogens with zero attached hydrogens (tertiary/aromatic N) is 1. The molecule has 16 heavy (non-hydrogen) atoms. The van der Waals surface area contributed by atoms with Crippen LogP contribution in [0.1, 0.15) is 18.9 Å². The Morgan fingerprint density at radius 3 is 2.88 bits per heavy atom. The zero-order valence-electron chi connectivity index (χ0n) is 9.31. The molecule has 0 fully saturated rings. The first-order valence-corrected chi connectivity index (χ1v) is 5.50. The van der Waals surface area contributed by atoms with Gasteiger partial charge in [0.25, 0.3) is 0 Å². The second-order valence-corrected chi connectivity index (χ2v) is 3.89. The third-order valence-electron chi connectivity index (χ3n) is 2.80. The number of aryl methyl sites for hydroxylation is 2. The number of benzene rings is 1. The smallest absolute Gasteiger partial charge is 0.303 e. The Balaban J connectivity index is 2.27. The monoisotopic (exact) mass is 217 g/mol. The van der Waals surface area contributed by atoms with Gasteiger partial charge in [-0.2, -0.15) is 0 Å². The average molecular weight is 217 g/mol. The molecule has 2 aromatic rings. The number of carbonyl (C=O) groups is 1. The van der Waals surface area contributed by atoms with Crippen LogP contribution in [-0.4, -0.2) is 15.6 Å². The molecule has 1 N–H and O–H groups in total. The molecule has 0 unspecified atom stereocenters. The van der Waals surface area contributed by atoms with Gasteiger partial charge in [-0.25, -0.2) is 0 Å². The lowest BCUT2D eigenvalue weighted by Crippen LogP contribution is -1.97. The molecule has 0 atom stereocenters. The standard InChI is InChI=1S/C13H15NO2/c1-2-14-8-7-11-9-10(3-5-12(11)14)4-6-13(15)16/h3,5,7-9H,2,4,6H2,1H3,(H,15,16). The SMILES string of the molecule is CCn1ccc2cc(CCC(=O)O)ccc21. The molecule has 3 heteroatoms. The Morgan fingerprint density at radius 2 is 2.19 bits per heavy atom. The maximum atomic E-state index is 10.5. The molecule has 3 nitrogen and oxygen atoms in total. The molecule has 84 valence electrons. The van der Waals surface area contributed by atoms with Gasteiger partial charge in [-0.05, 0) is 42.5 Å². The van der Waals surface area contributed by atoms with Crippen molar-refractivity contribution in [2.75, 3.05) is 0 Å². The van der Waals surface area contributed by atoms with Crippen LogP contribution in [-0.2, 0) is 17.8 Å². The molecule has 0 aliphatic heterocycles. The zero-order chi connectivity index (χ0) is 11.5. The van der Waals surface area contributed by atoms with Gasteiger partial charge in [0, 0.05) is 24.7 Å². The van der Waals surface area contributed by atoms with E-state index >= 15 is 0 Å². The molecule has 0 aliphatic carbocycles. The van der Waals surface area contributed by atoms with E-state index in [9.17, 15) is 4.79 Å². The van der Waals surface area contributed by atoms with Crippen LogP contribution in [0.5, 0.6) is 0 Å². The van der Waals surface area contributed by atoms with Gasteiger partial charge < -0.3 is 9.67 Å². The summed E-state index contributed by atoms with van der Waals surface area (Å²) in [7, 11) is 0. The maximum Gasteiger partial charge on any atom is 0.303 e. The van der Waals surface area contributed by atoms with Gasteiger partial charge in [0.15, 0.2) is 0 Å². The highest BCUT2D eigenvalue weighted by molar-refractivity contribution is 5.81. The Labute approximate surface area is 94.3 Å². The van der Waals surface area contributed by atoms with Gasteiger partial charge in [-0.1, -0.05) is 6.07 Å². The van der Waals surface area contributed by atoms with E-state index in [2.05, 4.69) is 35.9 Å². The van der Waals surface area contributed by atoms with Crippen LogP contribution in [0.15, 0.2) is 30.5 Å². The normalized spacial score (nSPS) is 10.8. The van der Waals surface area contributed by atoms with E-state index in [1.54, 1.807) is 0 Å². The minimum absolute atomic E-state index is 0.194. The van der Waals surface area contributed by atoms with Gasteiger partial charge in [-0.3, -0.25) is 4.79 Å². The highest BCUT2D eigenvalue weighted by Crippen LogP contribution is 2.18. The molecule has 0 aliphatic rings. The summed E-state index contributed by atoms with van der Waals surface area (Å²) in [5, 5.41) is 9.81. The molecule has 2 rings (SSSR count). The van der Waals surface area contributed by atoms with E-state index < -0.39 is 5.97 Å². The summed E-state index contributed by atoms with van der Waals surface area (Å²) >= 11 is 0. The predicted molar refractivity (Wildman–Crippen MR) is 63.6 cm³/mol. The number of rotatable bonds is 4. The summed E-state index contributed by atoms with van der Waals surface area (Å²) in [5.74, 6) is -0.744. The molecule has 0 spiro atoms. The molecular formula is C13H15NO2. The van der Waals surface area contributed by atoms with Gasteiger partial charge >= 0.3 is 5.97 Å². The Kier molecular flexibility index (Phi) is 2.95. The highest BCUT2D eigenvalue weighted by atomic mass is 16.4. The maximum absolute atomic E-state index is 10.5. The lowest BCUT2D eigenvalue weighted by atomic mass is 10.1. The van der Waals surface area contributed by atoms with Gasteiger partial charge in [0.05, 0.1) is 0 Å². The Morgan fingerprint density at radius 1 is 1.38 bits per heavy atom. The number of aromatic nitrogens is 1. The average Bonchev–Trinajstić information content (AvgIpc) is 2.68. The largest absolute Gasteiger partial charge is 0.481 e. The van der Waals surface area contributed by atoms with Crippen molar-refractivity contribution in [1.29, 1.82) is 0 Å². The van der Waals surface area contributed by atoms with Crippen molar-refractivity contribution in [2.45, 2.75) is 26.3 Å². The fourth-order valence-corrected chi connectivity index (χ4v) is 1.93. The molecule has 1 aromatic heterocycles. The number of carboxylic acid groups (broad SMARTS) is 1. The van der Waals surface area contributed by atoms with Crippen LogP contribution >= 0.6 is 0 Å². The van der Waals surface area contributed by atoms with Crippen LogP contribution in [0.25, 0.3) is 10.9 Å². The molecule has 1 aromatic carbocycles. The van der Waals surface area contributed by atoms with Crippen molar-refractivity contribution >= 4 is 16.9 Å². The molecule has 0 saturated carbocycles. The molecule has 1 heterocycles. The second-order valence-electron chi connectivity index (χ2n) is 3.89. The minimum atomic E-state index is -0.744. The minimum Gasteiger partial charge on any atom is -0.481 e. The summed E-state index contributed by atoms with van der Waals surface area (Å²) in [4.78, 5) is 10.5. The van der Waals surface area contributed by atoms with Crippen LogP contribution in [0, 0.1) is 0 Å². The molecule has 0 saturated heterocycles. The van der Waals surface area contributed by atoms with Crippen molar-refractivity contribution in [3.8, 4) is 0 Å². The second kappa shape index (κ2) is 4.39. The van der Waals surface area contributed by atoms with Crippen LogP contribution in [0.4, 0.5) is 0 Å². The number of aliphatic carboxylic acids is 1. The van der Waals surface area contributed by atoms with Gasteiger partial charge in [0.1, 0.15) is 0 Å². The number of hydrogen-bond donors (Lipinski definition) is 1. The fourth-order valence-electron chi connectivity index (χ4n) is 1.93. The van der Waals surface area contributed by atoms with E-state index in [1.807, 2.05) is 6.07 Å². The summed E-state index contributed by atoms with van der Waals surface area (Å²) in [5.41, 5.74) is 2.30. The third-order valence-corrected chi connectivity index (χ3v) is 2.80. The number of hydrogen-bond acceptors (Lipinski definition) is 1. The van der Waals surface area contributed by atoms with E-state index in [-0.39, 0.29) is 6.42 Å². The van der Waals surface area contributed by atoms with Crippen molar-refractivity contribution in [3.63, 3.8) is 0 Å². The van der Waals surface area contributed by atoms with Crippen LogP contribution in [0.2, 0.25) is 0 Å². The summed E-state index contributed by atoms with van der Waals surface area (Å²) in [6.07, 6.45) is 2.86. The van der Waals surface area contributed by atoms with E-state index in [4.69, 9.17) is 5.11 Å². The first-order chi connectivity index (χ1) is 7.70. The lowest BCUT2D eigenvalue weighted by molar-refractivity contribution is -0.136. The predicted octanol–water partition coefficient (Wildman–Crippen LogP) is 2.68. The van der Waals surface area contributed by atoms with E-state index in [0.717, 1.165) is 12.1 Å². The first kappa shape index (κ1) is 10.7. The Hall–Kier alpha value is -1.77.